The van der Waals surface area contributed by atoms with Gasteiger partial charge in [-0.25, -0.2) is 0 Å². The number of hydrogen-bond donors (Lipinski definition) is 0. The van der Waals surface area contributed by atoms with Crippen LogP contribution in [0.2, 0.25) is 0 Å². The Labute approximate surface area is 125 Å². The summed E-state index contributed by atoms with van der Waals surface area (Å²) in [5.41, 5.74) is 3.62. The van der Waals surface area contributed by atoms with Gasteiger partial charge in [-0.3, -0.25) is 4.79 Å². The van der Waals surface area contributed by atoms with Crippen LogP contribution in [0.4, 0.5) is 5.69 Å². The third kappa shape index (κ3) is 2.47. The number of aryl methyl sites for hydroxylation is 2. The molecule has 2 aromatic rings. The Morgan fingerprint density at radius 2 is 2.16 bits per heavy atom. The normalized spacial score (nSPS) is 14.3. The Balaban J connectivity index is 1.97. The molecule has 2 heterocycles. The highest BCUT2D eigenvalue weighted by Crippen LogP contribution is 2.31. The van der Waals surface area contributed by atoms with E-state index in [-0.39, 0.29) is 5.91 Å². The number of rotatable bonds is 1. The summed E-state index contributed by atoms with van der Waals surface area (Å²) >= 11 is 4.91. The highest BCUT2D eigenvalue weighted by molar-refractivity contribution is 9.11. The predicted octanol–water partition coefficient (Wildman–Crippen LogP) is 4.41. The first-order valence-electron chi connectivity index (χ1n) is 6.32. The lowest BCUT2D eigenvalue weighted by Gasteiger charge is -2.29. The molecule has 0 aliphatic carbocycles. The summed E-state index contributed by atoms with van der Waals surface area (Å²) in [5, 5.41) is 0. The molecular formula is C15H14BrNOS. The van der Waals surface area contributed by atoms with Crippen molar-refractivity contribution in [1.82, 2.24) is 0 Å². The predicted molar refractivity (Wildman–Crippen MR) is 83.2 cm³/mol. The third-order valence-corrected chi connectivity index (χ3v) is 4.99. The largest absolute Gasteiger partial charge is 0.307 e. The number of hydrogen-bond acceptors (Lipinski definition) is 2. The fraction of sp³-hybridized carbons (Fsp3) is 0.267. The van der Waals surface area contributed by atoms with Gasteiger partial charge in [-0.1, -0.05) is 17.7 Å². The highest BCUT2D eigenvalue weighted by Gasteiger charge is 2.24. The van der Waals surface area contributed by atoms with E-state index in [4.69, 9.17) is 0 Å². The lowest BCUT2D eigenvalue weighted by Crippen LogP contribution is -2.35. The molecule has 4 heteroatoms. The summed E-state index contributed by atoms with van der Waals surface area (Å²) in [4.78, 5) is 15.3. The van der Waals surface area contributed by atoms with Crippen molar-refractivity contribution in [2.24, 2.45) is 0 Å². The number of amides is 1. The molecular weight excluding hydrogens is 322 g/mol. The van der Waals surface area contributed by atoms with Crippen molar-refractivity contribution in [3.8, 4) is 0 Å². The Morgan fingerprint density at radius 1 is 1.32 bits per heavy atom. The van der Waals surface area contributed by atoms with Gasteiger partial charge < -0.3 is 4.90 Å². The third-order valence-electron chi connectivity index (χ3n) is 3.38. The lowest BCUT2D eigenvalue weighted by molar-refractivity contribution is 0.0989. The summed E-state index contributed by atoms with van der Waals surface area (Å²) in [6.45, 7) is 2.90. The molecule has 1 amide bonds. The molecule has 0 N–H and O–H groups in total. The molecule has 0 radical (unpaired) electrons. The van der Waals surface area contributed by atoms with Gasteiger partial charge in [0.25, 0.3) is 5.91 Å². The van der Waals surface area contributed by atoms with Crippen LogP contribution in [0.1, 0.15) is 27.2 Å². The lowest BCUT2D eigenvalue weighted by atomic mass is 9.99. The van der Waals surface area contributed by atoms with E-state index >= 15 is 0 Å². The molecule has 0 bridgehead atoms. The smallest absolute Gasteiger partial charge is 0.268 e. The zero-order valence-electron chi connectivity index (χ0n) is 10.6. The van der Waals surface area contributed by atoms with Crippen molar-refractivity contribution < 1.29 is 4.79 Å². The fourth-order valence-electron chi connectivity index (χ4n) is 2.50. The maximum absolute atomic E-state index is 12.6. The van der Waals surface area contributed by atoms with Crippen LogP contribution >= 0.6 is 27.3 Å². The summed E-state index contributed by atoms with van der Waals surface area (Å²) in [6.07, 6.45) is 2.10. The van der Waals surface area contributed by atoms with Crippen LogP contribution in [-0.2, 0) is 6.42 Å². The minimum Gasteiger partial charge on any atom is -0.307 e. The summed E-state index contributed by atoms with van der Waals surface area (Å²) in [7, 11) is 0. The van der Waals surface area contributed by atoms with Gasteiger partial charge in [0, 0.05) is 12.2 Å². The molecule has 0 spiro atoms. The molecule has 0 unspecified atom stereocenters. The first-order valence-corrected chi connectivity index (χ1v) is 7.93. The van der Waals surface area contributed by atoms with E-state index in [9.17, 15) is 4.79 Å². The molecule has 0 fully saturated rings. The van der Waals surface area contributed by atoms with E-state index < -0.39 is 0 Å². The van der Waals surface area contributed by atoms with Crippen molar-refractivity contribution in [3.05, 3.63) is 50.1 Å². The highest BCUT2D eigenvalue weighted by atomic mass is 79.9. The maximum Gasteiger partial charge on any atom is 0.268 e. The monoisotopic (exact) mass is 335 g/mol. The first kappa shape index (κ1) is 12.9. The minimum atomic E-state index is 0.112. The summed E-state index contributed by atoms with van der Waals surface area (Å²) in [6, 6.07) is 10.2. The average Bonchev–Trinajstić information content (AvgIpc) is 2.83. The van der Waals surface area contributed by atoms with Crippen LogP contribution in [0.3, 0.4) is 0 Å². The number of benzene rings is 1. The standard InChI is InChI=1S/C15H14BrNOS/c1-10-4-5-12-11(9-10)3-2-8-17(12)15(18)13-6-7-14(16)19-13/h4-7,9H,2-3,8H2,1H3. The van der Waals surface area contributed by atoms with Gasteiger partial charge in [-0.2, -0.15) is 0 Å². The first-order chi connectivity index (χ1) is 9.15. The number of halogens is 1. The second kappa shape index (κ2) is 5.10. The molecule has 1 aliphatic rings. The van der Waals surface area contributed by atoms with E-state index in [1.54, 1.807) is 0 Å². The van der Waals surface area contributed by atoms with Gasteiger partial charge in [0.1, 0.15) is 0 Å². The number of anilines is 1. The Bertz CT molecular complexity index is 635. The topological polar surface area (TPSA) is 20.3 Å². The molecule has 0 saturated heterocycles. The quantitative estimate of drug-likeness (QED) is 0.755. The minimum absolute atomic E-state index is 0.112. The van der Waals surface area contributed by atoms with E-state index in [0.29, 0.717) is 0 Å². The molecule has 0 saturated carbocycles. The van der Waals surface area contributed by atoms with Crippen molar-refractivity contribution in [1.29, 1.82) is 0 Å². The number of nitrogens with zero attached hydrogens (tertiary/aromatic N) is 1. The van der Waals surface area contributed by atoms with E-state index in [2.05, 4.69) is 41.1 Å². The number of fused-ring (bicyclic) bond motifs is 1. The molecule has 1 aromatic heterocycles. The fourth-order valence-corrected chi connectivity index (χ4v) is 3.83. The van der Waals surface area contributed by atoms with Crippen molar-refractivity contribution in [2.75, 3.05) is 11.4 Å². The van der Waals surface area contributed by atoms with E-state index in [1.165, 1.54) is 22.5 Å². The Kier molecular flexibility index (Phi) is 3.46. The molecule has 19 heavy (non-hydrogen) atoms. The van der Waals surface area contributed by atoms with Crippen LogP contribution < -0.4 is 4.90 Å². The average molecular weight is 336 g/mol. The van der Waals surface area contributed by atoms with Crippen LogP contribution in [0.15, 0.2) is 34.1 Å². The van der Waals surface area contributed by atoms with E-state index in [0.717, 1.165) is 33.7 Å². The van der Waals surface area contributed by atoms with Crippen LogP contribution in [-0.4, -0.2) is 12.5 Å². The van der Waals surface area contributed by atoms with Gasteiger partial charge in [0.05, 0.1) is 8.66 Å². The second-order valence-corrected chi connectivity index (χ2v) is 7.26. The zero-order chi connectivity index (χ0) is 13.4. The van der Waals surface area contributed by atoms with Gasteiger partial charge in [-0.15, -0.1) is 11.3 Å². The number of carbonyl (C=O) groups excluding carboxylic acids is 1. The van der Waals surface area contributed by atoms with Gasteiger partial charge in [0.2, 0.25) is 0 Å². The van der Waals surface area contributed by atoms with Gasteiger partial charge in [0.15, 0.2) is 0 Å². The van der Waals surface area contributed by atoms with Crippen LogP contribution in [0.5, 0.6) is 0 Å². The maximum atomic E-state index is 12.6. The van der Waals surface area contributed by atoms with Crippen molar-refractivity contribution >= 4 is 38.9 Å². The van der Waals surface area contributed by atoms with Gasteiger partial charge in [-0.05, 0) is 59.5 Å². The van der Waals surface area contributed by atoms with Crippen molar-refractivity contribution in [2.45, 2.75) is 19.8 Å². The molecule has 1 aliphatic heterocycles. The Hall–Kier alpha value is -1.13. The second-order valence-electron chi connectivity index (χ2n) is 4.80. The Morgan fingerprint density at radius 3 is 2.89 bits per heavy atom. The molecule has 0 atom stereocenters. The van der Waals surface area contributed by atoms with Gasteiger partial charge >= 0.3 is 0 Å². The van der Waals surface area contributed by atoms with E-state index in [1.807, 2.05) is 17.0 Å². The zero-order valence-corrected chi connectivity index (χ0v) is 13.1. The summed E-state index contributed by atoms with van der Waals surface area (Å²) in [5.74, 6) is 0.112. The van der Waals surface area contributed by atoms with Crippen molar-refractivity contribution in [3.63, 3.8) is 0 Å². The molecule has 98 valence electrons. The van der Waals surface area contributed by atoms with Crippen LogP contribution in [0.25, 0.3) is 0 Å². The van der Waals surface area contributed by atoms with Crippen LogP contribution in [0, 0.1) is 6.92 Å². The molecule has 1 aromatic carbocycles. The summed E-state index contributed by atoms with van der Waals surface area (Å²) < 4.78 is 0.997. The molecule has 3 rings (SSSR count). The molecule has 2 nitrogen and oxygen atoms in total. The number of thiophene rings is 1. The SMILES string of the molecule is Cc1ccc2c(c1)CCCN2C(=O)c1ccc(Br)s1. The number of carbonyl (C=O) groups is 1.